The van der Waals surface area contributed by atoms with Crippen molar-refractivity contribution in [1.82, 2.24) is 4.98 Å². The van der Waals surface area contributed by atoms with Gasteiger partial charge in [0.15, 0.2) is 0 Å². The highest BCUT2D eigenvalue weighted by molar-refractivity contribution is 6.15. The maximum absolute atomic E-state index is 12.6. The molecule has 186 valence electrons. The molecule has 4 rings (SSSR count). The molecule has 0 aliphatic carbocycles. The Kier molecular flexibility index (Phi) is 7.49. The van der Waals surface area contributed by atoms with Gasteiger partial charge in [0.05, 0.1) is 18.7 Å². The molecule has 0 unspecified atom stereocenters. The molecule has 0 saturated carbocycles. The normalized spacial score (nSPS) is 16.5. The van der Waals surface area contributed by atoms with Gasteiger partial charge in [0.25, 0.3) is 5.91 Å². The molecule has 1 atom stereocenters. The fourth-order valence-electron chi connectivity index (χ4n) is 3.94. The lowest BCUT2D eigenvalue weighted by Crippen LogP contribution is -2.48. The Morgan fingerprint density at radius 1 is 1.22 bits per heavy atom. The van der Waals surface area contributed by atoms with Crippen LogP contribution < -0.4 is 9.64 Å². The SMILES string of the molecule is C=C/C=C\C(=N)c1ccc(OC[C@@H]2CN(c3ccc(CC(F)(F)F)cc3)C(=O)CO2)c2ncccc12. The molecule has 9 heteroatoms. The third-order valence-electron chi connectivity index (χ3n) is 5.63. The number of rotatable bonds is 8. The number of hydrogen-bond acceptors (Lipinski definition) is 5. The van der Waals surface area contributed by atoms with Crippen LogP contribution in [0.1, 0.15) is 11.1 Å². The average molecular weight is 496 g/mol. The molecule has 6 nitrogen and oxygen atoms in total. The van der Waals surface area contributed by atoms with Crippen LogP contribution in [0.2, 0.25) is 0 Å². The number of pyridine rings is 1. The van der Waals surface area contributed by atoms with Gasteiger partial charge in [0.1, 0.15) is 30.6 Å². The average Bonchev–Trinajstić information content (AvgIpc) is 2.86. The Balaban J connectivity index is 1.47. The quantitative estimate of drug-likeness (QED) is 0.342. The first-order valence-electron chi connectivity index (χ1n) is 11.2. The summed E-state index contributed by atoms with van der Waals surface area (Å²) in [5.74, 6) is 0.232. The van der Waals surface area contributed by atoms with Gasteiger partial charge in [-0.25, -0.2) is 0 Å². The molecule has 0 radical (unpaired) electrons. The molecule has 2 heterocycles. The number of ether oxygens (including phenoxy) is 2. The van der Waals surface area contributed by atoms with E-state index in [1.165, 1.54) is 29.2 Å². The number of amides is 1. The summed E-state index contributed by atoms with van der Waals surface area (Å²) in [4.78, 5) is 18.3. The van der Waals surface area contributed by atoms with Crippen molar-refractivity contribution in [2.45, 2.75) is 18.7 Å². The van der Waals surface area contributed by atoms with Crippen molar-refractivity contribution in [2.24, 2.45) is 0 Å². The fraction of sp³-hybridized carbons (Fsp3) is 0.222. The molecule has 1 N–H and O–H groups in total. The number of allylic oxidation sites excluding steroid dienone is 3. The predicted octanol–water partition coefficient (Wildman–Crippen LogP) is 5.26. The largest absolute Gasteiger partial charge is 0.489 e. The minimum atomic E-state index is -4.29. The lowest BCUT2D eigenvalue weighted by Gasteiger charge is -2.32. The molecule has 1 aromatic heterocycles. The number of aromatic nitrogens is 1. The van der Waals surface area contributed by atoms with Gasteiger partial charge < -0.3 is 19.8 Å². The minimum absolute atomic E-state index is 0.128. The van der Waals surface area contributed by atoms with Gasteiger partial charge in [-0.15, -0.1) is 0 Å². The standard InChI is InChI=1S/C27H24F3N3O3/c1-2-3-6-23(31)21-11-12-24(26-22(21)5-4-13-32-26)36-16-20-15-33(25(34)17-35-20)19-9-7-18(8-10-19)14-27(28,29)30/h2-13,20,31H,1,14-17H2/b6-3-,31-23?/t20-/m0/s1. The van der Waals surface area contributed by atoms with Crippen LogP contribution in [0.15, 0.2) is 79.5 Å². The van der Waals surface area contributed by atoms with Crippen LogP contribution >= 0.6 is 0 Å². The number of anilines is 1. The second kappa shape index (κ2) is 10.7. The molecule has 2 aromatic carbocycles. The number of nitrogens with zero attached hydrogens (tertiary/aromatic N) is 2. The van der Waals surface area contributed by atoms with E-state index in [9.17, 15) is 18.0 Å². The van der Waals surface area contributed by atoms with Gasteiger partial charge in [0, 0.05) is 22.8 Å². The molecule has 0 bridgehead atoms. The first kappa shape index (κ1) is 25.1. The Morgan fingerprint density at radius 2 is 2.00 bits per heavy atom. The summed E-state index contributed by atoms with van der Waals surface area (Å²) in [5.41, 5.74) is 2.23. The van der Waals surface area contributed by atoms with E-state index < -0.39 is 18.7 Å². The third kappa shape index (κ3) is 5.98. The van der Waals surface area contributed by atoms with Crippen LogP contribution in [0.25, 0.3) is 10.9 Å². The minimum Gasteiger partial charge on any atom is -0.489 e. The van der Waals surface area contributed by atoms with Crippen molar-refractivity contribution in [3.8, 4) is 5.75 Å². The predicted molar refractivity (Wildman–Crippen MR) is 132 cm³/mol. The van der Waals surface area contributed by atoms with E-state index in [1.54, 1.807) is 42.6 Å². The van der Waals surface area contributed by atoms with E-state index in [-0.39, 0.29) is 31.2 Å². The summed E-state index contributed by atoms with van der Waals surface area (Å²) < 4.78 is 49.5. The highest BCUT2D eigenvalue weighted by Gasteiger charge is 2.30. The first-order chi connectivity index (χ1) is 17.2. The Labute approximate surface area is 206 Å². The van der Waals surface area contributed by atoms with Crippen molar-refractivity contribution in [1.29, 1.82) is 5.41 Å². The van der Waals surface area contributed by atoms with Crippen LogP contribution in [0, 0.1) is 5.41 Å². The Morgan fingerprint density at radius 3 is 2.72 bits per heavy atom. The topological polar surface area (TPSA) is 75.5 Å². The van der Waals surface area contributed by atoms with Gasteiger partial charge in [-0.1, -0.05) is 36.9 Å². The number of hydrogen-bond donors (Lipinski definition) is 1. The van der Waals surface area contributed by atoms with Gasteiger partial charge in [-0.05, 0) is 42.0 Å². The zero-order valence-corrected chi connectivity index (χ0v) is 19.3. The second-order valence-corrected chi connectivity index (χ2v) is 8.23. The molecule has 3 aromatic rings. The molecule has 1 fully saturated rings. The summed E-state index contributed by atoms with van der Waals surface area (Å²) in [6.45, 7) is 3.79. The highest BCUT2D eigenvalue weighted by atomic mass is 19.4. The van der Waals surface area contributed by atoms with E-state index in [0.717, 1.165) is 5.39 Å². The van der Waals surface area contributed by atoms with E-state index in [1.807, 2.05) is 6.07 Å². The van der Waals surface area contributed by atoms with Crippen molar-refractivity contribution < 1.29 is 27.4 Å². The van der Waals surface area contributed by atoms with E-state index in [0.29, 0.717) is 28.2 Å². The van der Waals surface area contributed by atoms with E-state index >= 15 is 0 Å². The summed E-state index contributed by atoms with van der Waals surface area (Å²) in [7, 11) is 0. The van der Waals surface area contributed by atoms with Crippen LogP contribution in [0.3, 0.4) is 0 Å². The molecule has 0 spiro atoms. The van der Waals surface area contributed by atoms with Crippen LogP contribution in [-0.4, -0.2) is 48.6 Å². The third-order valence-corrected chi connectivity index (χ3v) is 5.63. The number of nitrogens with one attached hydrogen (secondary N) is 1. The van der Waals surface area contributed by atoms with E-state index in [4.69, 9.17) is 14.9 Å². The van der Waals surface area contributed by atoms with Crippen molar-refractivity contribution in [3.05, 3.63) is 90.7 Å². The molecule has 1 saturated heterocycles. The number of benzene rings is 2. The highest BCUT2D eigenvalue weighted by Crippen LogP contribution is 2.28. The zero-order valence-electron chi connectivity index (χ0n) is 19.3. The van der Waals surface area contributed by atoms with Crippen LogP contribution in [-0.2, 0) is 16.0 Å². The van der Waals surface area contributed by atoms with Gasteiger partial charge in [-0.3, -0.25) is 9.78 Å². The molecule has 1 aliphatic heterocycles. The maximum Gasteiger partial charge on any atom is 0.393 e. The molecular formula is C27H24F3N3O3. The number of carbonyl (C=O) groups excluding carboxylic acids is 1. The number of carbonyl (C=O) groups is 1. The summed E-state index contributed by atoms with van der Waals surface area (Å²) >= 11 is 0. The number of morpholine rings is 1. The summed E-state index contributed by atoms with van der Waals surface area (Å²) in [6, 6.07) is 12.9. The zero-order chi connectivity index (χ0) is 25.7. The number of alkyl halides is 3. The molecule has 36 heavy (non-hydrogen) atoms. The summed E-state index contributed by atoms with van der Waals surface area (Å²) in [5, 5.41) is 9.07. The summed E-state index contributed by atoms with van der Waals surface area (Å²) in [6.07, 6.45) is 0.803. The second-order valence-electron chi connectivity index (χ2n) is 8.23. The molecular weight excluding hydrogens is 471 g/mol. The van der Waals surface area contributed by atoms with Crippen molar-refractivity contribution in [3.63, 3.8) is 0 Å². The molecule has 1 amide bonds. The van der Waals surface area contributed by atoms with Crippen molar-refractivity contribution in [2.75, 3.05) is 24.7 Å². The fourth-order valence-corrected chi connectivity index (χ4v) is 3.94. The van der Waals surface area contributed by atoms with Gasteiger partial charge >= 0.3 is 6.18 Å². The van der Waals surface area contributed by atoms with Crippen LogP contribution in [0.5, 0.6) is 5.75 Å². The molecule has 1 aliphatic rings. The first-order valence-corrected chi connectivity index (χ1v) is 11.2. The van der Waals surface area contributed by atoms with Gasteiger partial charge in [-0.2, -0.15) is 13.2 Å². The van der Waals surface area contributed by atoms with E-state index in [2.05, 4.69) is 11.6 Å². The number of fused-ring (bicyclic) bond motifs is 1. The van der Waals surface area contributed by atoms with Gasteiger partial charge in [0.2, 0.25) is 0 Å². The Bertz CT molecular complexity index is 1300. The lowest BCUT2D eigenvalue weighted by molar-refractivity contribution is -0.130. The number of halogens is 3. The monoisotopic (exact) mass is 495 g/mol. The lowest BCUT2D eigenvalue weighted by atomic mass is 10.0. The van der Waals surface area contributed by atoms with Crippen LogP contribution in [0.4, 0.5) is 18.9 Å². The maximum atomic E-state index is 12.6. The Hall–Kier alpha value is -3.98. The smallest absolute Gasteiger partial charge is 0.393 e. The van der Waals surface area contributed by atoms with Crippen molar-refractivity contribution >= 4 is 28.2 Å².